The van der Waals surface area contributed by atoms with Gasteiger partial charge in [-0.05, 0) is 30.5 Å². The van der Waals surface area contributed by atoms with Crippen molar-refractivity contribution in [3.05, 3.63) is 35.9 Å². The van der Waals surface area contributed by atoms with E-state index in [0.29, 0.717) is 24.0 Å². The van der Waals surface area contributed by atoms with Gasteiger partial charge in [0.25, 0.3) is 0 Å². The Morgan fingerprint density at radius 1 is 1.32 bits per heavy atom. The molecule has 0 bridgehead atoms. The first-order valence-electron chi connectivity index (χ1n) is 7.94. The van der Waals surface area contributed by atoms with Crippen LogP contribution in [0.5, 0.6) is 0 Å². The van der Waals surface area contributed by atoms with Crippen molar-refractivity contribution in [2.24, 2.45) is 0 Å². The van der Waals surface area contributed by atoms with Gasteiger partial charge < -0.3 is 29.2 Å². The maximum absolute atomic E-state index is 10.3. The van der Waals surface area contributed by atoms with E-state index in [0.717, 1.165) is 5.56 Å². The molecule has 0 saturated carbocycles. The molecule has 1 aliphatic heterocycles. The van der Waals surface area contributed by atoms with Crippen LogP contribution in [0.25, 0.3) is 0 Å². The summed E-state index contributed by atoms with van der Waals surface area (Å²) in [5, 5.41) is 20.6. The standard InChI is InChI=1S/C17H24O6S2/c1-20-17(11-22-16(24)25-2)15(19)14(18)13(23-17)8-9-21-10-12-6-4-3-5-7-12/h3-7,13-15,18-19H,8-11H2,1-2H3/t13-,14-,15+,17+/m1/s1. The molecule has 0 radical (unpaired) electrons. The Balaban J connectivity index is 1.84. The quantitative estimate of drug-likeness (QED) is 0.515. The predicted molar refractivity (Wildman–Crippen MR) is 99.4 cm³/mol. The minimum absolute atomic E-state index is 0.0945. The summed E-state index contributed by atoms with van der Waals surface area (Å²) < 4.78 is 22.4. The Morgan fingerprint density at radius 3 is 2.68 bits per heavy atom. The van der Waals surface area contributed by atoms with Crippen LogP contribution in [0.1, 0.15) is 12.0 Å². The molecule has 8 heteroatoms. The Labute approximate surface area is 157 Å². The second-order valence-electron chi connectivity index (χ2n) is 5.68. The van der Waals surface area contributed by atoms with Crippen LogP contribution >= 0.6 is 24.0 Å². The number of hydrogen-bond acceptors (Lipinski definition) is 8. The van der Waals surface area contributed by atoms with Crippen LogP contribution in [0.2, 0.25) is 0 Å². The Morgan fingerprint density at radius 2 is 2.04 bits per heavy atom. The average Bonchev–Trinajstić information content (AvgIpc) is 2.89. The fraction of sp³-hybridized carbons (Fsp3) is 0.588. The summed E-state index contributed by atoms with van der Waals surface area (Å²) in [5.41, 5.74) is 1.07. The van der Waals surface area contributed by atoms with Crippen molar-refractivity contribution in [2.45, 2.75) is 37.1 Å². The first kappa shape index (κ1) is 20.6. The van der Waals surface area contributed by atoms with E-state index in [1.54, 1.807) is 6.26 Å². The number of methoxy groups -OCH3 is 1. The van der Waals surface area contributed by atoms with Crippen molar-refractivity contribution in [1.82, 2.24) is 0 Å². The number of rotatable bonds is 8. The molecule has 25 heavy (non-hydrogen) atoms. The number of ether oxygens (including phenoxy) is 4. The normalized spacial score (nSPS) is 28.9. The van der Waals surface area contributed by atoms with Gasteiger partial charge in [0.1, 0.15) is 18.8 Å². The molecule has 2 rings (SSSR count). The largest absolute Gasteiger partial charge is 0.473 e. The highest BCUT2D eigenvalue weighted by Gasteiger charge is 2.55. The molecule has 4 atom stereocenters. The van der Waals surface area contributed by atoms with Crippen LogP contribution in [0.3, 0.4) is 0 Å². The van der Waals surface area contributed by atoms with E-state index in [1.165, 1.54) is 18.9 Å². The Hall–Kier alpha value is -0.740. The summed E-state index contributed by atoms with van der Waals surface area (Å²) in [6.07, 6.45) is -0.733. The fourth-order valence-electron chi connectivity index (χ4n) is 2.62. The van der Waals surface area contributed by atoms with Crippen molar-refractivity contribution in [1.29, 1.82) is 0 Å². The fourth-order valence-corrected chi connectivity index (χ4v) is 2.85. The molecule has 1 saturated heterocycles. The van der Waals surface area contributed by atoms with Crippen molar-refractivity contribution >= 4 is 28.4 Å². The molecule has 1 aromatic rings. The third kappa shape index (κ3) is 5.37. The highest BCUT2D eigenvalue weighted by Crippen LogP contribution is 2.34. The average molecular weight is 389 g/mol. The van der Waals surface area contributed by atoms with Gasteiger partial charge >= 0.3 is 0 Å². The highest BCUT2D eigenvalue weighted by atomic mass is 32.2. The molecule has 0 unspecified atom stereocenters. The first-order chi connectivity index (χ1) is 12.0. The highest BCUT2D eigenvalue weighted by molar-refractivity contribution is 8.22. The van der Waals surface area contributed by atoms with Gasteiger partial charge in [-0.3, -0.25) is 0 Å². The zero-order valence-corrected chi connectivity index (χ0v) is 15.9. The Kier molecular flexibility index (Phi) is 8.08. The lowest BCUT2D eigenvalue weighted by Crippen LogP contribution is -2.48. The first-order valence-corrected chi connectivity index (χ1v) is 9.57. The van der Waals surface area contributed by atoms with E-state index >= 15 is 0 Å². The third-order valence-corrected chi connectivity index (χ3v) is 5.14. The van der Waals surface area contributed by atoms with Crippen LogP contribution in [-0.2, 0) is 25.6 Å². The maximum atomic E-state index is 10.3. The van der Waals surface area contributed by atoms with E-state index in [2.05, 4.69) is 0 Å². The molecule has 1 aromatic carbocycles. The smallest absolute Gasteiger partial charge is 0.232 e. The van der Waals surface area contributed by atoms with Crippen LogP contribution in [0.15, 0.2) is 30.3 Å². The summed E-state index contributed by atoms with van der Waals surface area (Å²) in [6, 6.07) is 9.80. The van der Waals surface area contributed by atoms with Crippen molar-refractivity contribution in [3.63, 3.8) is 0 Å². The monoisotopic (exact) mass is 388 g/mol. The summed E-state index contributed by atoms with van der Waals surface area (Å²) in [7, 11) is 1.40. The van der Waals surface area contributed by atoms with Gasteiger partial charge in [-0.2, -0.15) is 0 Å². The minimum Gasteiger partial charge on any atom is -0.473 e. The van der Waals surface area contributed by atoms with Crippen molar-refractivity contribution in [2.75, 3.05) is 26.6 Å². The molecule has 0 aliphatic carbocycles. The van der Waals surface area contributed by atoms with Gasteiger partial charge in [-0.1, -0.05) is 42.1 Å². The van der Waals surface area contributed by atoms with Gasteiger partial charge in [0.05, 0.1) is 12.7 Å². The summed E-state index contributed by atoms with van der Waals surface area (Å²) >= 11 is 6.25. The predicted octanol–water partition coefficient (Wildman–Crippen LogP) is 1.72. The van der Waals surface area contributed by atoms with E-state index < -0.39 is 24.1 Å². The minimum atomic E-state index is -1.44. The molecular formula is C17H24O6S2. The zero-order valence-electron chi connectivity index (χ0n) is 14.3. The lowest BCUT2D eigenvalue weighted by atomic mass is 10.0. The van der Waals surface area contributed by atoms with Gasteiger partial charge in [0.15, 0.2) is 0 Å². The van der Waals surface area contributed by atoms with Gasteiger partial charge in [0, 0.05) is 13.7 Å². The van der Waals surface area contributed by atoms with Crippen LogP contribution < -0.4 is 0 Å². The molecule has 0 aromatic heterocycles. The lowest BCUT2D eigenvalue weighted by Gasteiger charge is -2.30. The lowest BCUT2D eigenvalue weighted by molar-refractivity contribution is -0.259. The van der Waals surface area contributed by atoms with Gasteiger partial charge in [-0.15, -0.1) is 0 Å². The van der Waals surface area contributed by atoms with E-state index in [4.69, 9.17) is 31.2 Å². The molecule has 1 fully saturated rings. The second kappa shape index (κ2) is 9.82. The number of aliphatic hydroxyl groups is 2. The SMILES string of the molecule is CO[C@@]1(COC(=S)SC)O[C@H](CCOCc2ccccc2)[C@@H](O)[C@@H]1O. The molecule has 1 heterocycles. The molecule has 2 N–H and O–H groups in total. The molecular weight excluding hydrogens is 364 g/mol. The summed E-state index contributed by atoms with van der Waals surface area (Å²) in [6.45, 7) is 0.767. The molecule has 1 aliphatic rings. The maximum Gasteiger partial charge on any atom is 0.232 e. The number of hydrogen-bond donors (Lipinski definition) is 2. The van der Waals surface area contributed by atoms with E-state index in [9.17, 15) is 10.2 Å². The third-order valence-electron chi connectivity index (χ3n) is 4.07. The molecule has 140 valence electrons. The molecule has 0 amide bonds. The second-order valence-corrected chi connectivity index (χ2v) is 7.09. The molecule has 0 spiro atoms. The summed E-state index contributed by atoms with van der Waals surface area (Å²) in [5.74, 6) is -1.44. The van der Waals surface area contributed by atoms with E-state index in [1.807, 2.05) is 30.3 Å². The van der Waals surface area contributed by atoms with Gasteiger partial charge in [-0.25, -0.2) is 0 Å². The number of benzene rings is 1. The van der Waals surface area contributed by atoms with E-state index in [-0.39, 0.29) is 6.61 Å². The molecule has 6 nitrogen and oxygen atoms in total. The van der Waals surface area contributed by atoms with Crippen LogP contribution in [0.4, 0.5) is 0 Å². The number of thioether (sulfide) groups is 1. The number of thiocarbonyl (C=S) groups is 1. The topological polar surface area (TPSA) is 77.4 Å². The van der Waals surface area contributed by atoms with Crippen LogP contribution in [0, 0.1) is 0 Å². The Bertz CT molecular complexity index is 543. The number of aliphatic hydroxyl groups excluding tert-OH is 2. The van der Waals surface area contributed by atoms with Crippen molar-refractivity contribution < 1.29 is 29.2 Å². The van der Waals surface area contributed by atoms with Crippen LogP contribution in [-0.4, -0.2) is 65.3 Å². The zero-order chi connectivity index (χ0) is 18.3. The van der Waals surface area contributed by atoms with Gasteiger partial charge in [0.2, 0.25) is 10.2 Å². The summed E-state index contributed by atoms with van der Waals surface area (Å²) in [4.78, 5) is 0. The van der Waals surface area contributed by atoms with Crippen molar-refractivity contribution in [3.8, 4) is 0 Å².